The number of sulfonamides is 1. The van der Waals surface area contributed by atoms with Crippen LogP contribution in [-0.2, 0) is 26.0 Å². The molecule has 0 bridgehead atoms. The topological polar surface area (TPSA) is 111 Å². The van der Waals surface area contributed by atoms with Crippen molar-refractivity contribution in [3.05, 3.63) is 77.1 Å². The van der Waals surface area contributed by atoms with Crippen molar-refractivity contribution in [2.45, 2.75) is 62.6 Å². The number of aryl methyl sites for hydroxylation is 2. The Bertz CT molecular complexity index is 1350. The molecule has 2 amide bonds. The Hall–Kier alpha value is -3.21. The van der Waals surface area contributed by atoms with Crippen LogP contribution in [0.5, 0.6) is 0 Å². The van der Waals surface area contributed by atoms with Gasteiger partial charge in [-0.15, -0.1) is 0 Å². The van der Waals surface area contributed by atoms with Gasteiger partial charge in [0.25, 0.3) is 10.0 Å². The molecule has 0 saturated carbocycles. The van der Waals surface area contributed by atoms with Crippen LogP contribution >= 0.6 is 0 Å². The average Bonchev–Trinajstić information content (AvgIpc) is 2.94. The normalized spacial score (nSPS) is 22.6. The van der Waals surface area contributed by atoms with E-state index in [1.54, 1.807) is 12.1 Å². The number of fused-ring (bicyclic) bond motifs is 1. The number of piperazine rings is 1. The molecule has 39 heavy (non-hydrogen) atoms. The Kier molecular flexibility index (Phi) is 8.06. The molecule has 1 aliphatic carbocycles. The van der Waals surface area contributed by atoms with E-state index in [1.165, 1.54) is 35.7 Å². The fourth-order valence-corrected chi connectivity index (χ4v) is 7.17. The monoisotopic (exact) mass is 551 g/mol. The third kappa shape index (κ3) is 5.88. The molecule has 2 aromatic carbocycles. The number of nitrogens with zero attached hydrogens (tertiary/aromatic N) is 2. The number of rotatable bonds is 7. The molecule has 0 aromatic heterocycles. The van der Waals surface area contributed by atoms with Gasteiger partial charge in [-0.05, 0) is 61.9 Å². The first kappa shape index (κ1) is 27.4. The lowest BCUT2D eigenvalue weighted by Crippen LogP contribution is -2.51. The molecule has 3 aliphatic rings. The molecule has 2 unspecified atom stereocenters. The molecule has 9 nitrogen and oxygen atoms in total. The summed E-state index contributed by atoms with van der Waals surface area (Å²) in [6.07, 6.45) is 5.04. The van der Waals surface area contributed by atoms with Gasteiger partial charge in [-0.3, -0.25) is 18.8 Å². The van der Waals surface area contributed by atoms with Crippen LogP contribution in [0.3, 0.4) is 0 Å². The highest BCUT2D eigenvalue weighted by Crippen LogP contribution is 2.33. The van der Waals surface area contributed by atoms with E-state index in [0.717, 1.165) is 60.9 Å². The smallest absolute Gasteiger partial charge is 0.264 e. The van der Waals surface area contributed by atoms with Crippen molar-refractivity contribution in [2.24, 2.45) is 0 Å². The van der Waals surface area contributed by atoms with Crippen molar-refractivity contribution < 1.29 is 18.0 Å². The van der Waals surface area contributed by atoms with E-state index in [4.69, 9.17) is 0 Å². The molecule has 3 N–H and O–H groups in total. The van der Waals surface area contributed by atoms with Gasteiger partial charge >= 0.3 is 0 Å². The van der Waals surface area contributed by atoms with E-state index in [0.29, 0.717) is 6.04 Å². The molecule has 10 heteroatoms. The van der Waals surface area contributed by atoms with Gasteiger partial charge in [0.1, 0.15) is 6.04 Å². The van der Waals surface area contributed by atoms with Crippen LogP contribution in [0.15, 0.2) is 59.8 Å². The summed E-state index contributed by atoms with van der Waals surface area (Å²) in [5, 5.41) is 9.04. The standard InChI is InChI=1S/C29H37N5O4S/c1-20-6-9-24(10-7-20)39(37,38)34-17-14-31-29(36)27(34)19-28(35)32-26-5-3-4-23-18-22(8-11-25(23)26)21(2)33-15-12-30-13-16-33/h6-11,14,17-18,21,26-27,30H,3-5,12-13,15-16,19H2,1-2H3,(H,31,36)(H,32,35)/t21?,26-,27?/m1/s1. The largest absolute Gasteiger partial charge is 0.349 e. The molecular formula is C29H37N5O4S. The maximum Gasteiger partial charge on any atom is 0.264 e. The van der Waals surface area contributed by atoms with Crippen molar-refractivity contribution in [3.8, 4) is 0 Å². The van der Waals surface area contributed by atoms with Gasteiger partial charge in [0.2, 0.25) is 11.8 Å². The van der Waals surface area contributed by atoms with E-state index in [2.05, 4.69) is 46.0 Å². The second-order valence-electron chi connectivity index (χ2n) is 10.6. The highest BCUT2D eigenvalue weighted by molar-refractivity contribution is 7.89. The zero-order valence-electron chi connectivity index (χ0n) is 22.5. The van der Waals surface area contributed by atoms with Gasteiger partial charge in [0.05, 0.1) is 17.4 Å². The molecule has 0 spiro atoms. The third-order valence-corrected chi connectivity index (χ3v) is 9.83. The fourth-order valence-electron chi connectivity index (χ4n) is 5.72. The molecule has 208 valence electrons. The third-order valence-electron chi connectivity index (χ3n) is 8.03. The summed E-state index contributed by atoms with van der Waals surface area (Å²) in [6, 6.07) is 12.0. The predicted octanol–water partition coefficient (Wildman–Crippen LogP) is 2.51. The van der Waals surface area contributed by atoms with Crippen molar-refractivity contribution in [1.82, 2.24) is 25.2 Å². The van der Waals surface area contributed by atoms with Crippen LogP contribution in [0.1, 0.15) is 60.5 Å². The zero-order valence-corrected chi connectivity index (χ0v) is 23.3. The molecule has 1 saturated heterocycles. The number of carbonyl (C=O) groups is 2. The van der Waals surface area contributed by atoms with E-state index in [-0.39, 0.29) is 23.3 Å². The van der Waals surface area contributed by atoms with E-state index < -0.39 is 22.0 Å². The number of nitrogens with one attached hydrogen (secondary N) is 3. The molecule has 0 radical (unpaired) electrons. The van der Waals surface area contributed by atoms with Crippen LogP contribution < -0.4 is 16.0 Å². The molecule has 5 rings (SSSR count). The summed E-state index contributed by atoms with van der Waals surface area (Å²) in [4.78, 5) is 28.5. The highest BCUT2D eigenvalue weighted by Gasteiger charge is 2.37. The van der Waals surface area contributed by atoms with Crippen LogP contribution in [0.2, 0.25) is 0 Å². The maximum atomic E-state index is 13.3. The number of amides is 2. The quantitative estimate of drug-likeness (QED) is 0.488. The second kappa shape index (κ2) is 11.5. The fraction of sp³-hybridized carbons (Fsp3) is 0.448. The molecule has 2 heterocycles. The Morgan fingerprint density at radius 1 is 1.13 bits per heavy atom. The number of hydrogen-bond donors (Lipinski definition) is 3. The lowest BCUT2D eigenvalue weighted by molar-refractivity contribution is -0.129. The Morgan fingerprint density at radius 2 is 1.87 bits per heavy atom. The van der Waals surface area contributed by atoms with Gasteiger partial charge < -0.3 is 16.0 Å². The van der Waals surface area contributed by atoms with Crippen molar-refractivity contribution in [2.75, 3.05) is 26.2 Å². The summed E-state index contributed by atoms with van der Waals surface area (Å²) in [6.45, 7) is 8.17. The summed E-state index contributed by atoms with van der Waals surface area (Å²) >= 11 is 0. The molecule has 2 aromatic rings. The summed E-state index contributed by atoms with van der Waals surface area (Å²) in [7, 11) is -4.01. The minimum absolute atomic E-state index is 0.0740. The summed E-state index contributed by atoms with van der Waals surface area (Å²) in [5.41, 5.74) is 4.55. The van der Waals surface area contributed by atoms with Gasteiger partial charge in [-0.25, -0.2) is 8.42 Å². The maximum absolute atomic E-state index is 13.3. The SMILES string of the molecule is Cc1ccc(S(=O)(=O)N2C=CNC(=O)C2CC(=O)N[C@@H]2CCCc3cc(C(C)N4CCNCC4)ccc32)cc1. The second-order valence-corrected chi connectivity index (χ2v) is 12.5. The van der Waals surface area contributed by atoms with Crippen molar-refractivity contribution in [3.63, 3.8) is 0 Å². The Balaban J connectivity index is 1.29. The average molecular weight is 552 g/mol. The minimum atomic E-state index is -4.01. The van der Waals surface area contributed by atoms with Crippen LogP contribution in [0, 0.1) is 6.92 Å². The van der Waals surface area contributed by atoms with Crippen LogP contribution in [-0.4, -0.2) is 61.7 Å². The van der Waals surface area contributed by atoms with Gasteiger partial charge in [0, 0.05) is 44.6 Å². The van der Waals surface area contributed by atoms with Gasteiger partial charge in [-0.1, -0.05) is 35.9 Å². The van der Waals surface area contributed by atoms with Crippen LogP contribution in [0.25, 0.3) is 0 Å². The molecule has 2 aliphatic heterocycles. The Morgan fingerprint density at radius 3 is 2.62 bits per heavy atom. The summed E-state index contributed by atoms with van der Waals surface area (Å²) in [5.74, 6) is -0.885. The predicted molar refractivity (Wildman–Crippen MR) is 149 cm³/mol. The highest BCUT2D eigenvalue weighted by atomic mass is 32.2. The first-order chi connectivity index (χ1) is 18.7. The van der Waals surface area contributed by atoms with E-state index in [1.807, 2.05) is 6.92 Å². The van der Waals surface area contributed by atoms with E-state index >= 15 is 0 Å². The van der Waals surface area contributed by atoms with Crippen LogP contribution in [0.4, 0.5) is 0 Å². The van der Waals surface area contributed by atoms with Gasteiger partial charge in [0.15, 0.2) is 0 Å². The molecule has 3 atom stereocenters. The summed E-state index contributed by atoms with van der Waals surface area (Å²) < 4.78 is 27.7. The van der Waals surface area contributed by atoms with Gasteiger partial charge in [-0.2, -0.15) is 0 Å². The first-order valence-electron chi connectivity index (χ1n) is 13.7. The molecule has 1 fully saturated rings. The lowest BCUT2D eigenvalue weighted by Gasteiger charge is -2.34. The minimum Gasteiger partial charge on any atom is -0.349 e. The lowest BCUT2D eigenvalue weighted by atomic mass is 9.85. The zero-order chi connectivity index (χ0) is 27.6. The molecular weight excluding hydrogens is 514 g/mol. The number of carbonyl (C=O) groups excluding carboxylic acids is 2. The van der Waals surface area contributed by atoms with Crippen molar-refractivity contribution in [1.29, 1.82) is 0 Å². The number of hydrogen-bond acceptors (Lipinski definition) is 6. The first-order valence-corrected chi connectivity index (χ1v) is 15.1. The Labute approximate surface area is 230 Å². The van der Waals surface area contributed by atoms with E-state index in [9.17, 15) is 18.0 Å². The number of benzene rings is 2. The van der Waals surface area contributed by atoms with Crippen molar-refractivity contribution >= 4 is 21.8 Å².